The van der Waals surface area contributed by atoms with Crippen molar-refractivity contribution in [1.82, 2.24) is 4.90 Å². The number of ether oxygens (including phenoxy) is 2. The molecule has 2 aromatic carbocycles. The molecule has 0 saturated heterocycles. The lowest BCUT2D eigenvalue weighted by atomic mass is 10.1. The van der Waals surface area contributed by atoms with E-state index in [2.05, 4.69) is 31.3 Å². The van der Waals surface area contributed by atoms with Crippen molar-refractivity contribution in [2.24, 2.45) is 0 Å². The van der Waals surface area contributed by atoms with Crippen LogP contribution in [0.5, 0.6) is 11.5 Å². The maximum Gasteiger partial charge on any atom is 0.173 e. The molecule has 0 atom stereocenters. The zero-order valence-corrected chi connectivity index (χ0v) is 15.1. The van der Waals surface area contributed by atoms with E-state index < -0.39 is 0 Å². The van der Waals surface area contributed by atoms with Crippen molar-refractivity contribution in [3.8, 4) is 11.5 Å². The molecule has 0 amide bonds. The van der Waals surface area contributed by atoms with Gasteiger partial charge >= 0.3 is 0 Å². The number of nitrogens with one attached hydrogen (secondary N) is 1. The number of aryl methyl sites for hydroxylation is 2. The van der Waals surface area contributed by atoms with Gasteiger partial charge in [-0.15, -0.1) is 0 Å². The molecule has 1 heterocycles. The number of thiocarbonyl (C=S) groups is 1. The minimum Gasteiger partial charge on any atom is -0.486 e. The highest BCUT2D eigenvalue weighted by Gasteiger charge is 2.13. The van der Waals surface area contributed by atoms with Gasteiger partial charge in [0, 0.05) is 19.3 Å². The molecule has 1 N–H and O–H groups in total. The molecule has 0 unspecified atom stereocenters. The Morgan fingerprint density at radius 1 is 1.04 bits per heavy atom. The second-order valence-corrected chi connectivity index (χ2v) is 6.45. The van der Waals surface area contributed by atoms with Gasteiger partial charge in [0.1, 0.15) is 13.2 Å². The average molecular weight is 342 g/mol. The van der Waals surface area contributed by atoms with Crippen LogP contribution in [0.4, 0.5) is 5.69 Å². The van der Waals surface area contributed by atoms with Crippen molar-refractivity contribution >= 4 is 23.0 Å². The highest BCUT2D eigenvalue weighted by Crippen LogP contribution is 2.31. The van der Waals surface area contributed by atoms with E-state index in [4.69, 9.17) is 21.7 Å². The molecule has 0 bridgehead atoms. The van der Waals surface area contributed by atoms with Crippen LogP contribution in [0.3, 0.4) is 0 Å². The van der Waals surface area contributed by atoms with Crippen molar-refractivity contribution in [3.05, 3.63) is 53.1 Å². The number of benzene rings is 2. The number of anilines is 1. The second kappa shape index (κ2) is 7.09. The topological polar surface area (TPSA) is 33.7 Å². The summed E-state index contributed by atoms with van der Waals surface area (Å²) < 4.78 is 11.2. The van der Waals surface area contributed by atoms with Crippen LogP contribution in [-0.2, 0) is 6.54 Å². The van der Waals surface area contributed by atoms with Gasteiger partial charge in [-0.3, -0.25) is 0 Å². The highest BCUT2D eigenvalue weighted by molar-refractivity contribution is 7.80. The van der Waals surface area contributed by atoms with Crippen LogP contribution in [0, 0.1) is 13.8 Å². The molecule has 0 fully saturated rings. The van der Waals surface area contributed by atoms with Gasteiger partial charge in [-0.1, -0.05) is 12.1 Å². The molecular weight excluding hydrogens is 320 g/mol. The number of rotatable bonds is 3. The predicted octanol–water partition coefficient (Wildman–Crippen LogP) is 3.90. The molecule has 24 heavy (non-hydrogen) atoms. The Labute approximate surface area is 148 Å². The summed E-state index contributed by atoms with van der Waals surface area (Å²) in [4.78, 5) is 2.01. The van der Waals surface area contributed by atoms with E-state index >= 15 is 0 Å². The number of fused-ring (bicyclic) bond motifs is 1. The van der Waals surface area contributed by atoms with Gasteiger partial charge in [-0.2, -0.15) is 0 Å². The Balaban J connectivity index is 1.64. The lowest BCUT2D eigenvalue weighted by Crippen LogP contribution is -2.30. The van der Waals surface area contributed by atoms with Crippen molar-refractivity contribution in [1.29, 1.82) is 0 Å². The SMILES string of the molecule is Cc1ccc(NC(=S)N(C)Cc2ccc3c(c2)OCCO3)cc1C. The van der Waals surface area contributed by atoms with Crippen LogP contribution >= 0.6 is 12.2 Å². The summed E-state index contributed by atoms with van der Waals surface area (Å²) >= 11 is 5.51. The summed E-state index contributed by atoms with van der Waals surface area (Å²) in [6.07, 6.45) is 0. The van der Waals surface area contributed by atoms with Crippen molar-refractivity contribution in [2.45, 2.75) is 20.4 Å². The minimum atomic E-state index is 0.596. The lowest BCUT2D eigenvalue weighted by molar-refractivity contribution is 0.171. The third-order valence-corrected chi connectivity index (χ3v) is 4.54. The monoisotopic (exact) mass is 342 g/mol. The standard InChI is InChI=1S/C19H22N2O2S/c1-13-4-6-16(10-14(13)2)20-19(24)21(3)12-15-5-7-17-18(11-15)23-9-8-22-17/h4-7,10-11H,8-9,12H2,1-3H3,(H,20,24). The van der Waals surface area contributed by atoms with Crippen LogP contribution in [0.2, 0.25) is 0 Å². The molecule has 1 aliphatic heterocycles. The molecule has 0 aromatic heterocycles. The average Bonchev–Trinajstić information content (AvgIpc) is 2.58. The Morgan fingerprint density at radius 3 is 2.54 bits per heavy atom. The smallest absolute Gasteiger partial charge is 0.173 e. The number of hydrogen-bond acceptors (Lipinski definition) is 3. The molecule has 126 valence electrons. The lowest BCUT2D eigenvalue weighted by Gasteiger charge is -2.23. The van der Waals surface area contributed by atoms with E-state index in [1.54, 1.807) is 0 Å². The first-order valence-electron chi connectivity index (χ1n) is 8.01. The molecule has 0 spiro atoms. The fourth-order valence-corrected chi connectivity index (χ4v) is 2.75. The highest BCUT2D eigenvalue weighted by atomic mass is 32.1. The van der Waals surface area contributed by atoms with Gasteiger partial charge in [0.25, 0.3) is 0 Å². The zero-order valence-electron chi connectivity index (χ0n) is 14.3. The van der Waals surface area contributed by atoms with Gasteiger partial charge in [-0.25, -0.2) is 0 Å². The van der Waals surface area contributed by atoms with Gasteiger partial charge in [0.15, 0.2) is 16.6 Å². The van der Waals surface area contributed by atoms with Crippen molar-refractivity contribution in [2.75, 3.05) is 25.6 Å². The Kier molecular flexibility index (Phi) is 4.90. The molecule has 0 saturated carbocycles. The Bertz CT molecular complexity index is 761. The van der Waals surface area contributed by atoms with E-state index in [-0.39, 0.29) is 0 Å². The summed E-state index contributed by atoms with van der Waals surface area (Å²) in [5.74, 6) is 1.61. The molecule has 2 aromatic rings. The van der Waals surface area contributed by atoms with E-state index in [0.29, 0.717) is 24.9 Å². The quantitative estimate of drug-likeness (QED) is 0.856. The van der Waals surface area contributed by atoms with E-state index in [0.717, 1.165) is 22.7 Å². The van der Waals surface area contributed by atoms with Crippen LogP contribution in [0.15, 0.2) is 36.4 Å². The molecule has 0 aliphatic carbocycles. The first-order valence-corrected chi connectivity index (χ1v) is 8.41. The molecule has 1 aliphatic rings. The van der Waals surface area contributed by atoms with Gasteiger partial charge in [-0.05, 0) is 67.0 Å². The first kappa shape index (κ1) is 16.6. The third-order valence-electron chi connectivity index (χ3n) is 4.13. The molecule has 0 radical (unpaired) electrons. The largest absolute Gasteiger partial charge is 0.486 e. The summed E-state index contributed by atoms with van der Waals surface area (Å²) in [5, 5.41) is 3.98. The fourth-order valence-electron chi connectivity index (χ4n) is 2.57. The number of nitrogens with zero attached hydrogens (tertiary/aromatic N) is 1. The first-order chi connectivity index (χ1) is 11.5. The van der Waals surface area contributed by atoms with Crippen LogP contribution in [0.25, 0.3) is 0 Å². The zero-order chi connectivity index (χ0) is 17.1. The molecular formula is C19H22N2O2S. The molecule has 5 heteroatoms. The van der Waals surface area contributed by atoms with Gasteiger partial charge in [0.05, 0.1) is 0 Å². The normalized spacial score (nSPS) is 12.6. The summed E-state index contributed by atoms with van der Waals surface area (Å²) in [5.41, 5.74) is 4.66. The van der Waals surface area contributed by atoms with Crippen molar-refractivity contribution < 1.29 is 9.47 Å². The predicted molar refractivity (Wildman–Crippen MR) is 101 cm³/mol. The van der Waals surface area contributed by atoms with Crippen LogP contribution in [0.1, 0.15) is 16.7 Å². The third kappa shape index (κ3) is 3.79. The summed E-state index contributed by atoms with van der Waals surface area (Å²) in [6.45, 7) is 6.11. The van der Waals surface area contributed by atoms with Crippen molar-refractivity contribution in [3.63, 3.8) is 0 Å². The van der Waals surface area contributed by atoms with Gasteiger partial charge < -0.3 is 19.7 Å². The van der Waals surface area contributed by atoms with Crippen LogP contribution < -0.4 is 14.8 Å². The molecule has 4 nitrogen and oxygen atoms in total. The maximum absolute atomic E-state index is 5.63. The second-order valence-electron chi connectivity index (χ2n) is 6.06. The minimum absolute atomic E-state index is 0.596. The Morgan fingerprint density at radius 2 is 1.79 bits per heavy atom. The molecule has 3 rings (SSSR count). The van der Waals surface area contributed by atoms with E-state index in [1.165, 1.54) is 11.1 Å². The number of hydrogen-bond donors (Lipinski definition) is 1. The fraction of sp³-hybridized carbons (Fsp3) is 0.316. The van der Waals surface area contributed by atoms with Crippen LogP contribution in [-0.4, -0.2) is 30.3 Å². The summed E-state index contributed by atoms with van der Waals surface area (Å²) in [7, 11) is 1.98. The van der Waals surface area contributed by atoms with E-state index in [1.807, 2.05) is 36.2 Å². The van der Waals surface area contributed by atoms with E-state index in [9.17, 15) is 0 Å². The Hall–Kier alpha value is -2.27. The summed E-state index contributed by atoms with van der Waals surface area (Å²) in [6, 6.07) is 12.3. The maximum atomic E-state index is 5.63. The van der Waals surface area contributed by atoms with Gasteiger partial charge in [0.2, 0.25) is 0 Å².